The summed E-state index contributed by atoms with van der Waals surface area (Å²) in [5, 5.41) is 0. The number of nitrogens with zero attached hydrogens (tertiary/aromatic N) is 1. The molecule has 4 atom stereocenters. The van der Waals surface area contributed by atoms with Crippen LogP contribution in [-0.4, -0.2) is 11.8 Å². The average molecular weight is 347 g/mol. The number of carbonyl (C=O) groups excluding carboxylic acids is 2. The highest BCUT2D eigenvalue weighted by molar-refractivity contribution is 6.23. The number of anilines is 1. The van der Waals surface area contributed by atoms with Crippen LogP contribution in [0.25, 0.3) is 0 Å². The first-order valence-electron chi connectivity index (χ1n) is 10.1. The Kier molecular flexibility index (Phi) is 3.66. The summed E-state index contributed by atoms with van der Waals surface area (Å²) in [6.07, 6.45) is 11.5. The molecule has 0 unspecified atom stereocenters. The quantitative estimate of drug-likeness (QED) is 0.586. The van der Waals surface area contributed by atoms with E-state index in [0.717, 1.165) is 24.9 Å². The number of aryl methyl sites for hydroxylation is 1. The highest BCUT2D eigenvalue weighted by Gasteiger charge is 2.62. The van der Waals surface area contributed by atoms with Gasteiger partial charge in [-0.25, -0.2) is 4.90 Å². The van der Waals surface area contributed by atoms with Crippen molar-refractivity contribution in [1.82, 2.24) is 0 Å². The summed E-state index contributed by atoms with van der Waals surface area (Å²) < 4.78 is 0. The number of hydrogen-bond donors (Lipinski definition) is 0. The van der Waals surface area contributed by atoms with Gasteiger partial charge in [0.25, 0.3) is 0 Å². The van der Waals surface area contributed by atoms with Crippen LogP contribution in [0, 0.1) is 23.7 Å². The van der Waals surface area contributed by atoms with Gasteiger partial charge in [0.15, 0.2) is 0 Å². The molecule has 0 radical (unpaired) electrons. The first-order chi connectivity index (χ1) is 12.7. The van der Waals surface area contributed by atoms with Crippen molar-refractivity contribution >= 4 is 17.5 Å². The molecule has 4 aliphatic rings. The number of carbonyl (C=O) groups is 2. The molecule has 1 aliphatic heterocycles. The summed E-state index contributed by atoms with van der Waals surface area (Å²) in [5.74, 6) is -0.00509. The molecule has 26 heavy (non-hydrogen) atoms. The second kappa shape index (κ2) is 5.94. The second-order valence-corrected chi connectivity index (χ2v) is 8.14. The Balaban J connectivity index is 1.49. The lowest BCUT2D eigenvalue weighted by atomic mass is 9.85. The minimum atomic E-state index is -0.173. The largest absolute Gasteiger partial charge is 0.274 e. The van der Waals surface area contributed by atoms with Gasteiger partial charge in [-0.2, -0.15) is 0 Å². The molecule has 2 amide bonds. The minimum Gasteiger partial charge on any atom is -0.274 e. The van der Waals surface area contributed by atoms with Gasteiger partial charge in [0, 0.05) is 11.8 Å². The van der Waals surface area contributed by atoms with Gasteiger partial charge in [-0.15, -0.1) is 0 Å². The third-order valence-electron chi connectivity index (χ3n) is 6.88. The van der Waals surface area contributed by atoms with Crippen molar-refractivity contribution in [2.45, 2.75) is 45.4 Å². The molecule has 2 bridgehead atoms. The van der Waals surface area contributed by atoms with Crippen LogP contribution >= 0.6 is 0 Å². The summed E-state index contributed by atoms with van der Waals surface area (Å²) in [6.45, 7) is 2.11. The third kappa shape index (κ3) is 2.12. The van der Waals surface area contributed by atoms with Crippen molar-refractivity contribution in [3.8, 4) is 0 Å². The van der Waals surface area contributed by atoms with Gasteiger partial charge in [-0.1, -0.05) is 48.8 Å². The topological polar surface area (TPSA) is 37.4 Å². The van der Waals surface area contributed by atoms with Crippen LogP contribution in [0.4, 0.5) is 5.69 Å². The van der Waals surface area contributed by atoms with Crippen LogP contribution in [0.15, 0.2) is 47.6 Å². The van der Waals surface area contributed by atoms with Crippen LogP contribution in [0.5, 0.6) is 0 Å². The lowest BCUT2D eigenvalue weighted by molar-refractivity contribution is -0.122. The number of amides is 2. The maximum absolute atomic E-state index is 13.2. The van der Waals surface area contributed by atoms with Crippen molar-refractivity contribution in [3.63, 3.8) is 0 Å². The van der Waals surface area contributed by atoms with Gasteiger partial charge in [-0.05, 0) is 49.8 Å². The Labute approximate surface area is 154 Å². The highest BCUT2D eigenvalue weighted by atomic mass is 16.2. The van der Waals surface area contributed by atoms with Gasteiger partial charge < -0.3 is 0 Å². The van der Waals surface area contributed by atoms with Gasteiger partial charge in [-0.3, -0.25) is 9.59 Å². The Hall–Kier alpha value is -2.16. The fourth-order valence-electron chi connectivity index (χ4n) is 5.64. The predicted octanol–water partition coefficient (Wildman–Crippen LogP) is 4.43. The number of rotatable bonds is 2. The minimum absolute atomic E-state index is 0.00927. The number of imide groups is 1. The fourth-order valence-corrected chi connectivity index (χ4v) is 5.64. The Morgan fingerprint density at radius 2 is 1.46 bits per heavy atom. The molecular weight excluding hydrogens is 322 g/mol. The van der Waals surface area contributed by atoms with Crippen molar-refractivity contribution < 1.29 is 9.59 Å². The highest BCUT2D eigenvalue weighted by Crippen LogP contribution is 2.58. The van der Waals surface area contributed by atoms with Crippen LogP contribution in [0.3, 0.4) is 0 Å². The van der Waals surface area contributed by atoms with E-state index in [1.54, 1.807) is 5.57 Å². The average Bonchev–Trinajstić information content (AvgIpc) is 3.32. The molecule has 1 aromatic carbocycles. The predicted molar refractivity (Wildman–Crippen MR) is 102 cm³/mol. The van der Waals surface area contributed by atoms with Crippen LogP contribution in [0.1, 0.15) is 44.6 Å². The first-order valence-corrected chi connectivity index (χ1v) is 10.1. The molecular formula is C23H25NO2. The monoisotopic (exact) mass is 347 g/mol. The Morgan fingerprint density at radius 3 is 2.00 bits per heavy atom. The molecule has 134 valence electrons. The summed E-state index contributed by atoms with van der Waals surface area (Å²) in [4.78, 5) is 27.9. The van der Waals surface area contributed by atoms with E-state index in [2.05, 4.69) is 19.1 Å². The molecule has 1 aromatic rings. The van der Waals surface area contributed by atoms with E-state index in [0.29, 0.717) is 0 Å². The molecule has 1 heterocycles. The lowest BCUT2D eigenvalue weighted by Crippen LogP contribution is -2.33. The van der Waals surface area contributed by atoms with E-state index in [1.807, 2.05) is 24.3 Å². The zero-order valence-electron chi connectivity index (χ0n) is 15.3. The Bertz CT molecular complexity index is 790. The number of benzene rings is 1. The summed E-state index contributed by atoms with van der Waals surface area (Å²) >= 11 is 0. The van der Waals surface area contributed by atoms with E-state index >= 15 is 0 Å². The van der Waals surface area contributed by atoms with Crippen molar-refractivity contribution in [2.75, 3.05) is 4.90 Å². The number of fused-ring (bicyclic) bond motifs is 5. The molecule has 3 fully saturated rings. The SMILES string of the molecule is CCc1ccc(N2C(=O)[C@@H]3[C@@H](C2=O)[C@H]2C=C[C@@H]3C2=C2CCCCC2)cc1. The van der Waals surface area contributed by atoms with E-state index in [-0.39, 0.29) is 35.5 Å². The summed E-state index contributed by atoms with van der Waals surface area (Å²) in [7, 11) is 0. The number of allylic oxidation sites excluding steroid dienone is 4. The zero-order valence-corrected chi connectivity index (χ0v) is 15.3. The van der Waals surface area contributed by atoms with Crippen LogP contribution in [0.2, 0.25) is 0 Å². The molecule has 3 nitrogen and oxygen atoms in total. The molecule has 2 saturated carbocycles. The molecule has 0 spiro atoms. The number of hydrogen-bond acceptors (Lipinski definition) is 2. The molecule has 3 heteroatoms. The molecule has 0 aromatic heterocycles. The lowest BCUT2D eigenvalue weighted by Gasteiger charge is -2.23. The van der Waals surface area contributed by atoms with Gasteiger partial charge >= 0.3 is 0 Å². The normalized spacial score (nSPS) is 32.7. The maximum atomic E-state index is 13.2. The van der Waals surface area contributed by atoms with E-state index in [9.17, 15) is 9.59 Å². The van der Waals surface area contributed by atoms with E-state index in [4.69, 9.17) is 0 Å². The van der Waals surface area contributed by atoms with Crippen LogP contribution < -0.4 is 4.90 Å². The third-order valence-corrected chi connectivity index (χ3v) is 6.88. The molecule has 3 aliphatic carbocycles. The van der Waals surface area contributed by atoms with Gasteiger partial charge in [0.1, 0.15) is 0 Å². The molecule has 0 N–H and O–H groups in total. The molecule has 1 saturated heterocycles. The Morgan fingerprint density at radius 1 is 0.885 bits per heavy atom. The standard InChI is InChI=1S/C23H25NO2/c1-2-14-8-10-16(11-9-14)24-22(25)20-17-12-13-18(21(20)23(24)26)19(17)15-6-4-3-5-7-15/h8-13,17-18,20-21H,2-7H2,1H3/t17-,18+,20-,21-/m0/s1. The van der Waals surface area contributed by atoms with Crippen LogP contribution in [-0.2, 0) is 16.0 Å². The van der Waals surface area contributed by atoms with E-state index < -0.39 is 0 Å². The smallest absolute Gasteiger partial charge is 0.238 e. The fraction of sp³-hybridized carbons (Fsp3) is 0.478. The molecule has 5 rings (SSSR count). The van der Waals surface area contributed by atoms with Gasteiger partial charge in [0.2, 0.25) is 11.8 Å². The van der Waals surface area contributed by atoms with Crippen molar-refractivity contribution in [1.29, 1.82) is 0 Å². The second-order valence-electron chi connectivity index (χ2n) is 8.14. The zero-order chi connectivity index (χ0) is 17.8. The van der Waals surface area contributed by atoms with Gasteiger partial charge in [0.05, 0.1) is 17.5 Å². The maximum Gasteiger partial charge on any atom is 0.238 e. The van der Waals surface area contributed by atoms with E-state index in [1.165, 1.54) is 35.3 Å². The summed E-state index contributed by atoms with van der Waals surface area (Å²) in [6, 6.07) is 7.88. The van der Waals surface area contributed by atoms with Crippen molar-refractivity contribution in [3.05, 3.63) is 53.1 Å². The van der Waals surface area contributed by atoms with Crippen molar-refractivity contribution in [2.24, 2.45) is 23.7 Å². The summed E-state index contributed by atoms with van der Waals surface area (Å²) in [5.41, 5.74) is 4.93. The first kappa shape index (κ1) is 16.0.